The van der Waals surface area contributed by atoms with E-state index in [0.717, 1.165) is 62.9 Å². The molecule has 0 radical (unpaired) electrons. The topological polar surface area (TPSA) is 67.5 Å². The van der Waals surface area contributed by atoms with E-state index < -0.39 is 5.97 Å². The summed E-state index contributed by atoms with van der Waals surface area (Å²) in [6, 6.07) is 16.5. The van der Waals surface area contributed by atoms with Gasteiger partial charge in [0.25, 0.3) is 0 Å². The summed E-state index contributed by atoms with van der Waals surface area (Å²) in [5.41, 5.74) is 7.44. The first-order chi connectivity index (χ1) is 15.1. The first-order valence-electron chi connectivity index (χ1n) is 10.5. The summed E-state index contributed by atoms with van der Waals surface area (Å²) in [6.45, 7) is 2.13. The van der Waals surface area contributed by atoms with E-state index in [1.165, 1.54) is 0 Å². The first-order valence-corrected chi connectivity index (χ1v) is 11.3. The molecule has 0 aliphatic rings. The molecule has 0 atom stereocenters. The van der Waals surface area contributed by atoms with Crippen molar-refractivity contribution in [1.29, 1.82) is 0 Å². The zero-order chi connectivity index (χ0) is 21.8. The number of aromatic nitrogens is 3. The number of hydrogen-bond donors (Lipinski definition) is 1. The molecule has 0 aliphatic heterocycles. The lowest BCUT2D eigenvalue weighted by Gasteiger charge is -2.18. The Hall–Kier alpha value is -2.99. The van der Waals surface area contributed by atoms with Crippen LogP contribution >= 0.6 is 15.9 Å². The molecule has 6 heteroatoms. The Bertz CT molecular complexity index is 1220. The summed E-state index contributed by atoms with van der Waals surface area (Å²) in [6.07, 6.45) is 6.87. The Balaban J connectivity index is 1.96. The van der Waals surface area contributed by atoms with Gasteiger partial charge in [-0.2, -0.15) is 5.10 Å². The highest BCUT2D eigenvalue weighted by Gasteiger charge is 2.20. The van der Waals surface area contributed by atoms with Crippen LogP contribution in [0.25, 0.3) is 27.9 Å². The Labute approximate surface area is 189 Å². The molecule has 4 rings (SSSR count). The van der Waals surface area contributed by atoms with Gasteiger partial charge in [-0.25, -0.2) is 4.52 Å². The Kier molecular flexibility index (Phi) is 6.47. The number of rotatable bonds is 8. The summed E-state index contributed by atoms with van der Waals surface area (Å²) >= 11 is 3.56. The summed E-state index contributed by atoms with van der Waals surface area (Å²) in [7, 11) is 0. The molecule has 0 bridgehead atoms. The fraction of sp³-hybridized carbons (Fsp3) is 0.240. The van der Waals surface area contributed by atoms with Crippen LogP contribution in [0.1, 0.15) is 37.4 Å². The molecule has 5 nitrogen and oxygen atoms in total. The summed E-state index contributed by atoms with van der Waals surface area (Å²) in [5.74, 6) is -0.757. The normalized spacial score (nSPS) is 11.2. The average Bonchev–Trinajstić information content (AvgIpc) is 3.19. The fourth-order valence-corrected chi connectivity index (χ4v) is 4.36. The number of aryl methyl sites for hydroxylation is 1. The second-order valence-corrected chi connectivity index (χ2v) is 8.45. The molecular formula is C25H24BrN3O2. The number of aliphatic carboxylic acids is 1. The quantitative estimate of drug-likeness (QED) is 0.307. The number of benzene rings is 1. The number of hydrogen-bond acceptors (Lipinski definition) is 3. The van der Waals surface area contributed by atoms with E-state index in [1.54, 1.807) is 6.20 Å². The minimum Gasteiger partial charge on any atom is -0.481 e. The van der Waals surface area contributed by atoms with E-state index in [-0.39, 0.29) is 6.42 Å². The molecule has 0 aliphatic carbocycles. The van der Waals surface area contributed by atoms with Crippen LogP contribution in [0.2, 0.25) is 0 Å². The third kappa shape index (κ3) is 4.54. The number of unbranched alkanes of at least 4 members (excludes halogenated alkanes) is 1. The fourth-order valence-electron chi connectivity index (χ4n) is 4.00. The monoisotopic (exact) mass is 477 g/mol. The van der Waals surface area contributed by atoms with Crippen molar-refractivity contribution in [2.75, 3.05) is 0 Å². The van der Waals surface area contributed by atoms with Gasteiger partial charge in [0.1, 0.15) is 0 Å². The highest BCUT2D eigenvalue weighted by Crippen LogP contribution is 2.37. The standard InChI is InChI=1S/C25H24BrN3O2/c1-2-20-12-13-22-24(18-14-19(26)16-27-15-18)21(10-6-7-11-23(30)31)25(28-29(20)22)17-8-4-3-5-9-17/h3-5,8-9,12-16H,2,6-7,10-11H2,1H3,(H,30,31). The van der Waals surface area contributed by atoms with Gasteiger partial charge in [0.2, 0.25) is 0 Å². The molecule has 158 valence electrons. The smallest absolute Gasteiger partial charge is 0.303 e. The van der Waals surface area contributed by atoms with Crippen molar-refractivity contribution in [3.63, 3.8) is 0 Å². The molecule has 0 amide bonds. The molecule has 31 heavy (non-hydrogen) atoms. The highest BCUT2D eigenvalue weighted by atomic mass is 79.9. The molecule has 0 fully saturated rings. The average molecular weight is 478 g/mol. The lowest BCUT2D eigenvalue weighted by atomic mass is 9.93. The number of carbonyl (C=O) groups is 1. The van der Waals surface area contributed by atoms with E-state index in [4.69, 9.17) is 10.2 Å². The number of carboxylic acids is 1. The van der Waals surface area contributed by atoms with Gasteiger partial charge in [-0.3, -0.25) is 9.78 Å². The van der Waals surface area contributed by atoms with Gasteiger partial charge in [-0.05, 0) is 65.4 Å². The predicted octanol–water partition coefficient (Wildman–Crippen LogP) is 6.19. The number of fused-ring (bicyclic) bond motifs is 1. The maximum atomic E-state index is 11.0. The van der Waals surface area contributed by atoms with Gasteiger partial charge in [0.15, 0.2) is 0 Å². The highest BCUT2D eigenvalue weighted by molar-refractivity contribution is 9.10. The molecule has 1 aromatic carbocycles. The summed E-state index contributed by atoms with van der Waals surface area (Å²) < 4.78 is 2.96. The molecule has 0 saturated carbocycles. The molecule has 0 unspecified atom stereocenters. The van der Waals surface area contributed by atoms with Crippen molar-refractivity contribution in [2.45, 2.75) is 39.0 Å². The third-order valence-corrected chi connectivity index (χ3v) is 5.88. The number of halogens is 1. The van der Waals surface area contributed by atoms with E-state index in [9.17, 15) is 4.79 Å². The Morgan fingerprint density at radius 1 is 1.06 bits per heavy atom. The predicted molar refractivity (Wildman–Crippen MR) is 126 cm³/mol. The van der Waals surface area contributed by atoms with E-state index in [1.807, 2.05) is 28.9 Å². The molecular weight excluding hydrogens is 454 g/mol. The van der Waals surface area contributed by atoms with E-state index in [2.05, 4.69) is 58.2 Å². The van der Waals surface area contributed by atoms with Gasteiger partial charge in [-0.1, -0.05) is 37.3 Å². The lowest BCUT2D eigenvalue weighted by molar-refractivity contribution is -0.137. The van der Waals surface area contributed by atoms with Gasteiger partial charge in [0.05, 0.1) is 11.2 Å². The van der Waals surface area contributed by atoms with Gasteiger partial charge in [-0.15, -0.1) is 0 Å². The molecule has 3 aromatic heterocycles. The summed E-state index contributed by atoms with van der Waals surface area (Å²) in [4.78, 5) is 15.4. The summed E-state index contributed by atoms with van der Waals surface area (Å²) in [5, 5.41) is 14.1. The largest absolute Gasteiger partial charge is 0.481 e. The van der Waals surface area contributed by atoms with Gasteiger partial charge in [0, 0.05) is 45.7 Å². The second kappa shape index (κ2) is 9.43. The van der Waals surface area contributed by atoms with Crippen molar-refractivity contribution in [1.82, 2.24) is 14.6 Å². The van der Waals surface area contributed by atoms with Crippen LogP contribution in [0.3, 0.4) is 0 Å². The first kappa shape index (κ1) is 21.2. The Morgan fingerprint density at radius 3 is 2.58 bits per heavy atom. The van der Waals surface area contributed by atoms with Crippen LogP contribution in [-0.4, -0.2) is 25.7 Å². The van der Waals surface area contributed by atoms with Crippen LogP contribution in [0.4, 0.5) is 0 Å². The van der Waals surface area contributed by atoms with Crippen LogP contribution in [0, 0.1) is 0 Å². The Morgan fingerprint density at radius 2 is 1.87 bits per heavy atom. The lowest BCUT2D eigenvalue weighted by Crippen LogP contribution is -2.07. The minimum absolute atomic E-state index is 0.176. The third-order valence-electron chi connectivity index (χ3n) is 5.45. The van der Waals surface area contributed by atoms with E-state index >= 15 is 0 Å². The molecule has 0 spiro atoms. The van der Waals surface area contributed by atoms with Crippen LogP contribution < -0.4 is 0 Å². The number of nitrogens with zero attached hydrogens (tertiary/aromatic N) is 3. The van der Waals surface area contributed by atoms with Crippen LogP contribution in [0.5, 0.6) is 0 Å². The molecule has 4 aromatic rings. The van der Waals surface area contributed by atoms with E-state index in [0.29, 0.717) is 6.42 Å². The zero-order valence-electron chi connectivity index (χ0n) is 17.4. The minimum atomic E-state index is -0.757. The van der Waals surface area contributed by atoms with Crippen LogP contribution in [0.15, 0.2) is 65.4 Å². The van der Waals surface area contributed by atoms with Crippen molar-refractivity contribution in [3.05, 3.63) is 76.7 Å². The van der Waals surface area contributed by atoms with Crippen molar-refractivity contribution >= 4 is 27.4 Å². The maximum Gasteiger partial charge on any atom is 0.303 e. The van der Waals surface area contributed by atoms with Crippen LogP contribution in [-0.2, 0) is 17.6 Å². The zero-order valence-corrected chi connectivity index (χ0v) is 19.0. The maximum absolute atomic E-state index is 11.0. The van der Waals surface area contributed by atoms with Crippen molar-refractivity contribution in [2.24, 2.45) is 0 Å². The van der Waals surface area contributed by atoms with Crippen molar-refractivity contribution < 1.29 is 9.90 Å². The van der Waals surface area contributed by atoms with Gasteiger partial charge < -0.3 is 5.11 Å². The number of pyridine rings is 1. The molecule has 0 saturated heterocycles. The molecule has 3 heterocycles. The SMILES string of the molecule is CCc1ccc2c(-c3cncc(Br)c3)c(CCCCC(=O)O)c(-c3ccccc3)nn12. The number of carboxylic acid groups (broad SMARTS) is 1. The molecule has 1 N–H and O–H groups in total. The van der Waals surface area contributed by atoms with Crippen molar-refractivity contribution in [3.8, 4) is 22.4 Å². The van der Waals surface area contributed by atoms with Gasteiger partial charge >= 0.3 is 5.97 Å². The second-order valence-electron chi connectivity index (χ2n) is 7.54.